The summed E-state index contributed by atoms with van der Waals surface area (Å²) in [5.41, 5.74) is 0. The molecule has 0 aromatic rings. The maximum Gasteiger partial charge on any atom is 0.00601 e. The first-order valence-corrected chi connectivity index (χ1v) is 6.57. The highest BCUT2D eigenvalue weighted by Gasteiger charge is 1.52. The van der Waals surface area contributed by atoms with Crippen LogP contribution in [0.2, 0.25) is 0 Å². The zero-order chi connectivity index (χ0) is 15.1. The minimum Gasteiger partial charge on any atom is -0.107 e. The molecule has 0 spiro atoms. The fourth-order valence-corrected chi connectivity index (χ4v) is 0.412. The Balaban J connectivity index is -0.0000000731. The zero-order valence-corrected chi connectivity index (χ0v) is 13.7. The lowest BCUT2D eigenvalue weighted by atomic mass is 10.4. The number of hydrogen-bond acceptors (Lipinski definition) is 0. The van der Waals surface area contributed by atoms with E-state index in [0.29, 0.717) is 0 Å². The lowest BCUT2D eigenvalue weighted by Crippen LogP contribution is -1.45. The third-order valence-electron chi connectivity index (χ3n) is 1.41. The van der Waals surface area contributed by atoms with E-state index in [9.17, 15) is 0 Å². The Kier molecular flexibility index (Phi) is 63.6. The molecule has 0 bridgehead atoms. The van der Waals surface area contributed by atoms with Gasteiger partial charge in [0.05, 0.1) is 0 Å². The fourth-order valence-electron chi connectivity index (χ4n) is 0.412. The summed E-state index contributed by atoms with van der Waals surface area (Å²) in [6.45, 7) is 15.7. The molecule has 0 heterocycles. The van der Waals surface area contributed by atoms with Gasteiger partial charge in [0.25, 0.3) is 0 Å². The quantitative estimate of drug-likeness (QED) is 0.394. The van der Waals surface area contributed by atoms with Gasteiger partial charge >= 0.3 is 0 Å². The molecule has 0 aliphatic rings. The minimum atomic E-state index is 0.983. The van der Waals surface area contributed by atoms with E-state index in [1.807, 2.05) is 60.6 Å². The van der Waals surface area contributed by atoms with Crippen LogP contribution in [0, 0.1) is 23.7 Å². The maximum absolute atomic E-state index is 2.86. The molecule has 0 atom stereocenters. The maximum atomic E-state index is 2.86. The molecule has 0 aromatic heterocycles. The van der Waals surface area contributed by atoms with Gasteiger partial charge in [-0.3, -0.25) is 0 Å². The lowest BCUT2D eigenvalue weighted by Gasteiger charge is -1.65. The van der Waals surface area contributed by atoms with E-state index in [-0.39, 0.29) is 0 Å². The van der Waals surface area contributed by atoms with E-state index in [1.54, 1.807) is 0 Å². The van der Waals surface area contributed by atoms with Crippen LogP contribution in [-0.2, 0) is 0 Å². The van der Waals surface area contributed by atoms with Gasteiger partial charge in [0, 0.05) is 6.42 Å². The molecule has 0 fully saturated rings. The summed E-state index contributed by atoms with van der Waals surface area (Å²) in [6.07, 6.45) is 10.3. The number of hydrogen-bond donors (Lipinski definition) is 0. The van der Waals surface area contributed by atoms with Crippen molar-refractivity contribution < 1.29 is 0 Å². The molecule has 0 aromatic carbocycles. The predicted octanol–water partition coefficient (Wildman–Crippen LogP) is 6.00. The molecule has 0 N–H and O–H groups in total. The summed E-state index contributed by atoms with van der Waals surface area (Å²) < 4.78 is 0. The van der Waals surface area contributed by atoms with Crippen LogP contribution in [-0.4, -0.2) is 0 Å². The summed E-state index contributed by atoms with van der Waals surface area (Å²) in [5.74, 6) is 11.0. The molecule has 18 heavy (non-hydrogen) atoms. The van der Waals surface area contributed by atoms with Gasteiger partial charge in [-0.15, -0.1) is 23.7 Å². The normalized spacial score (nSPS) is 7.11. The van der Waals surface area contributed by atoms with E-state index < -0.39 is 0 Å². The topological polar surface area (TPSA) is 0 Å². The van der Waals surface area contributed by atoms with Crippen molar-refractivity contribution in [1.82, 2.24) is 0 Å². The first kappa shape index (κ1) is 25.4. The van der Waals surface area contributed by atoms with Crippen LogP contribution in [0.4, 0.5) is 0 Å². The van der Waals surface area contributed by atoms with Gasteiger partial charge in [-0.05, 0) is 48.0 Å². The molecule has 0 amide bonds. The van der Waals surface area contributed by atoms with E-state index >= 15 is 0 Å². The van der Waals surface area contributed by atoms with Crippen molar-refractivity contribution in [1.29, 1.82) is 0 Å². The molecular weight excluding hydrogens is 216 g/mol. The summed E-state index contributed by atoms with van der Waals surface area (Å²) in [4.78, 5) is 0. The van der Waals surface area contributed by atoms with Crippen molar-refractivity contribution in [2.75, 3.05) is 0 Å². The van der Waals surface area contributed by atoms with E-state index in [4.69, 9.17) is 0 Å². The molecule has 0 aliphatic heterocycles. The first-order valence-electron chi connectivity index (χ1n) is 6.57. The highest BCUT2D eigenvalue weighted by Crippen LogP contribution is 1.73. The van der Waals surface area contributed by atoms with Crippen LogP contribution >= 0.6 is 0 Å². The van der Waals surface area contributed by atoms with Crippen molar-refractivity contribution in [2.45, 2.75) is 68.2 Å². The standard InChI is InChI=1S/C5H10.C5H8.C4H8.C4H6/c2*1-3-5-4-2;2*1-3-4-2/h3,5H,4H2,1-2H3;3H2,1-2H3;3-4H,1-2H3;1-2H3/b5-3+;;4-3+;. The summed E-state index contributed by atoms with van der Waals surface area (Å²) in [5, 5.41) is 0. The Bertz CT molecular complexity index is 248. The molecule has 0 unspecified atom stereocenters. The SMILES string of the molecule is C/C=C/C.C/C=C/CC.CC#CC.CC#CCC. The van der Waals surface area contributed by atoms with Crippen LogP contribution in [0.1, 0.15) is 68.2 Å². The summed E-state index contributed by atoms with van der Waals surface area (Å²) in [7, 11) is 0. The highest BCUT2D eigenvalue weighted by atomic mass is 13.6. The number of allylic oxidation sites excluding steroid dienone is 4. The average molecular weight is 248 g/mol. The first-order chi connectivity index (χ1) is 8.66. The van der Waals surface area contributed by atoms with Gasteiger partial charge in [-0.25, -0.2) is 0 Å². The van der Waals surface area contributed by atoms with Crippen LogP contribution in [0.25, 0.3) is 0 Å². The van der Waals surface area contributed by atoms with E-state index in [1.165, 1.54) is 0 Å². The lowest BCUT2D eigenvalue weighted by molar-refractivity contribution is 1.22. The minimum absolute atomic E-state index is 0.983. The third-order valence-corrected chi connectivity index (χ3v) is 1.41. The second-order valence-corrected chi connectivity index (χ2v) is 2.92. The third kappa shape index (κ3) is 128. The fraction of sp³-hybridized carbons (Fsp3) is 0.556. The van der Waals surface area contributed by atoms with Crippen molar-refractivity contribution in [2.24, 2.45) is 0 Å². The molecule has 0 saturated heterocycles. The molecule has 104 valence electrons. The predicted molar refractivity (Wildman–Crippen MR) is 88.5 cm³/mol. The van der Waals surface area contributed by atoms with Crippen molar-refractivity contribution in [3.8, 4) is 23.7 Å². The van der Waals surface area contributed by atoms with E-state index in [0.717, 1.165) is 12.8 Å². The molecule has 0 aliphatic carbocycles. The molecule has 0 radical (unpaired) electrons. The largest absolute Gasteiger partial charge is 0.107 e. The Morgan fingerprint density at radius 3 is 1.17 bits per heavy atom. The Labute approximate surface area is 117 Å². The zero-order valence-electron chi connectivity index (χ0n) is 13.7. The molecule has 0 heteroatoms. The highest BCUT2D eigenvalue weighted by molar-refractivity contribution is 4.92. The van der Waals surface area contributed by atoms with Gasteiger partial charge in [-0.1, -0.05) is 38.2 Å². The second-order valence-electron chi connectivity index (χ2n) is 2.92. The number of rotatable bonds is 1. The Morgan fingerprint density at radius 2 is 1.17 bits per heavy atom. The molecule has 0 rings (SSSR count). The van der Waals surface area contributed by atoms with Crippen LogP contribution in [0.3, 0.4) is 0 Å². The molecule has 0 saturated carbocycles. The van der Waals surface area contributed by atoms with Crippen LogP contribution in [0.15, 0.2) is 24.3 Å². The van der Waals surface area contributed by atoms with Gasteiger partial charge in [0.1, 0.15) is 0 Å². The van der Waals surface area contributed by atoms with Gasteiger partial charge in [0.2, 0.25) is 0 Å². The van der Waals surface area contributed by atoms with E-state index in [2.05, 4.69) is 42.8 Å². The van der Waals surface area contributed by atoms with Gasteiger partial charge < -0.3 is 0 Å². The Hall–Kier alpha value is -1.40. The summed E-state index contributed by atoms with van der Waals surface area (Å²) in [6, 6.07) is 0. The smallest absolute Gasteiger partial charge is 0.00601 e. The van der Waals surface area contributed by atoms with Crippen molar-refractivity contribution in [3.63, 3.8) is 0 Å². The molecular formula is C18H32. The van der Waals surface area contributed by atoms with Gasteiger partial charge in [0.15, 0.2) is 0 Å². The van der Waals surface area contributed by atoms with Gasteiger partial charge in [-0.2, -0.15) is 0 Å². The van der Waals surface area contributed by atoms with Crippen molar-refractivity contribution in [3.05, 3.63) is 24.3 Å². The van der Waals surface area contributed by atoms with Crippen molar-refractivity contribution >= 4 is 0 Å². The van der Waals surface area contributed by atoms with Crippen LogP contribution < -0.4 is 0 Å². The van der Waals surface area contributed by atoms with Crippen LogP contribution in [0.5, 0.6) is 0 Å². The average Bonchev–Trinajstić information content (AvgIpc) is 2.42. The Morgan fingerprint density at radius 1 is 0.722 bits per heavy atom. The second kappa shape index (κ2) is 45.0. The summed E-state index contributed by atoms with van der Waals surface area (Å²) >= 11 is 0. The molecule has 0 nitrogen and oxygen atoms in total. The monoisotopic (exact) mass is 248 g/mol.